The van der Waals surface area contributed by atoms with Crippen molar-refractivity contribution in [2.75, 3.05) is 26.8 Å². The predicted octanol–water partition coefficient (Wildman–Crippen LogP) is 3.42. The van der Waals surface area contributed by atoms with Gasteiger partial charge in [-0.25, -0.2) is 4.79 Å². The lowest BCUT2D eigenvalue weighted by molar-refractivity contribution is -0.144. The van der Waals surface area contributed by atoms with Crippen molar-refractivity contribution in [3.05, 3.63) is 72.3 Å². The first-order chi connectivity index (χ1) is 16.9. The zero-order valence-corrected chi connectivity index (χ0v) is 19.7. The van der Waals surface area contributed by atoms with E-state index in [2.05, 4.69) is 24.0 Å². The number of fused-ring (bicyclic) bond motifs is 3. The summed E-state index contributed by atoms with van der Waals surface area (Å²) in [5.74, 6) is -2.27. The lowest BCUT2D eigenvalue weighted by Crippen LogP contribution is -2.48. The molecule has 2 N–H and O–H groups in total. The van der Waals surface area contributed by atoms with E-state index in [9.17, 15) is 19.5 Å². The Morgan fingerprint density at radius 2 is 1.74 bits per heavy atom. The molecule has 1 fully saturated rings. The highest BCUT2D eigenvalue weighted by Crippen LogP contribution is 2.44. The Morgan fingerprint density at radius 1 is 1.11 bits per heavy atom. The second-order valence-electron chi connectivity index (χ2n) is 8.85. The highest BCUT2D eigenvalue weighted by molar-refractivity contribution is 5.87. The van der Waals surface area contributed by atoms with Gasteiger partial charge < -0.3 is 24.8 Å². The minimum atomic E-state index is -1.01. The number of likely N-dealkylation sites (tertiary alicyclic amines) is 1. The number of benzene rings is 2. The van der Waals surface area contributed by atoms with E-state index in [1.807, 2.05) is 36.4 Å². The van der Waals surface area contributed by atoms with Crippen LogP contribution in [0.5, 0.6) is 0 Å². The van der Waals surface area contributed by atoms with Crippen LogP contribution in [0.4, 0.5) is 4.79 Å². The van der Waals surface area contributed by atoms with Crippen LogP contribution in [0.1, 0.15) is 29.9 Å². The van der Waals surface area contributed by atoms with Gasteiger partial charge in [-0.1, -0.05) is 54.6 Å². The number of ether oxygens (including phenoxy) is 2. The van der Waals surface area contributed by atoms with E-state index in [1.54, 1.807) is 6.08 Å². The molecule has 35 heavy (non-hydrogen) atoms. The molecule has 1 heterocycles. The first-order valence-electron chi connectivity index (χ1n) is 11.7. The van der Waals surface area contributed by atoms with Gasteiger partial charge in [-0.05, 0) is 35.1 Å². The van der Waals surface area contributed by atoms with Gasteiger partial charge in [0.2, 0.25) is 5.91 Å². The third-order valence-electron chi connectivity index (χ3n) is 6.79. The molecule has 1 aliphatic heterocycles. The molecule has 0 spiro atoms. The quantitative estimate of drug-likeness (QED) is 0.535. The fourth-order valence-corrected chi connectivity index (χ4v) is 4.97. The Kier molecular flexibility index (Phi) is 7.51. The molecule has 2 aromatic rings. The van der Waals surface area contributed by atoms with Crippen molar-refractivity contribution >= 4 is 18.0 Å². The molecule has 0 saturated carbocycles. The number of nitrogens with zero attached hydrogens (tertiary/aromatic N) is 1. The van der Waals surface area contributed by atoms with Gasteiger partial charge in [0.1, 0.15) is 18.6 Å². The smallest absolute Gasteiger partial charge is 0.407 e. The van der Waals surface area contributed by atoms with Crippen molar-refractivity contribution in [1.29, 1.82) is 0 Å². The lowest BCUT2D eigenvalue weighted by atomic mass is 9.98. The van der Waals surface area contributed by atoms with Crippen molar-refractivity contribution < 1.29 is 29.0 Å². The minimum absolute atomic E-state index is 0.0314. The van der Waals surface area contributed by atoms with Gasteiger partial charge in [-0.2, -0.15) is 0 Å². The van der Waals surface area contributed by atoms with Crippen molar-refractivity contribution in [2.24, 2.45) is 5.92 Å². The number of hydrogen-bond donors (Lipinski definition) is 2. The summed E-state index contributed by atoms with van der Waals surface area (Å²) in [6.45, 7) is 4.02. The van der Waals surface area contributed by atoms with Crippen LogP contribution in [0.15, 0.2) is 61.2 Å². The second kappa shape index (κ2) is 10.7. The third-order valence-corrected chi connectivity index (χ3v) is 6.79. The van der Waals surface area contributed by atoms with E-state index in [1.165, 1.54) is 12.0 Å². The van der Waals surface area contributed by atoms with Crippen molar-refractivity contribution in [2.45, 2.75) is 30.9 Å². The van der Waals surface area contributed by atoms with Crippen LogP contribution in [-0.2, 0) is 19.1 Å². The summed E-state index contributed by atoms with van der Waals surface area (Å²) < 4.78 is 10.9. The molecule has 0 aromatic heterocycles. The maximum atomic E-state index is 13.2. The predicted molar refractivity (Wildman–Crippen MR) is 130 cm³/mol. The molecule has 3 atom stereocenters. The summed E-state index contributed by atoms with van der Waals surface area (Å²) >= 11 is 0. The number of alkyl carbamates (subject to hydrolysis) is 1. The topological polar surface area (TPSA) is 105 Å². The number of amides is 2. The molecule has 8 nitrogen and oxygen atoms in total. The monoisotopic (exact) mass is 478 g/mol. The molecule has 0 bridgehead atoms. The molecule has 3 unspecified atom stereocenters. The zero-order valence-electron chi connectivity index (χ0n) is 19.7. The van der Waals surface area contributed by atoms with E-state index < -0.39 is 30.1 Å². The fourth-order valence-electron chi connectivity index (χ4n) is 4.97. The average molecular weight is 479 g/mol. The normalized spacial score (nSPS) is 19.5. The minimum Gasteiger partial charge on any atom is -0.481 e. The number of carboxylic acids is 1. The third kappa shape index (κ3) is 5.07. The number of allylic oxidation sites excluding steroid dienone is 1. The molecule has 8 heteroatoms. The van der Waals surface area contributed by atoms with Crippen LogP contribution in [0, 0.1) is 5.92 Å². The Bertz CT molecular complexity index is 1070. The Balaban J connectivity index is 1.42. The van der Waals surface area contributed by atoms with Crippen LogP contribution in [0.2, 0.25) is 0 Å². The molecule has 2 aliphatic rings. The lowest BCUT2D eigenvalue weighted by Gasteiger charge is -2.24. The van der Waals surface area contributed by atoms with E-state index >= 15 is 0 Å². The average Bonchev–Trinajstić information content (AvgIpc) is 3.45. The van der Waals surface area contributed by atoms with Crippen molar-refractivity contribution in [3.63, 3.8) is 0 Å². The van der Waals surface area contributed by atoms with Crippen LogP contribution in [-0.4, -0.2) is 66.9 Å². The maximum absolute atomic E-state index is 13.2. The number of aliphatic carboxylic acids is 1. The van der Waals surface area contributed by atoms with E-state index in [-0.39, 0.29) is 31.5 Å². The number of nitrogens with one attached hydrogen (secondary N) is 1. The molecule has 4 rings (SSSR count). The van der Waals surface area contributed by atoms with Gasteiger partial charge in [0.15, 0.2) is 0 Å². The summed E-state index contributed by atoms with van der Waals surface area (Å²) in [7, 11) is 1.43. The van der Waals surface area contributed by atoms with Crippen molar-refractivity contribution in [1.82, 2.24) is 10.2 Å². The second-order valence-corrected chi connectivity index (χ2v) is 8.85. The van der Waals surface area contributed by atoms with Crippen LogP contribution >= 0.6 is 0 Å². The molecule has 1 aliphatic carbocycles. The van der Waals surface area contributed by atoms with Gasteiger partial charge >= 0.3 is 12.1 Å². The number of carbonyl (C=O) groups excluding carboxylic acids is 2. The van der Waals surface area contributed by atoms with Gasteiger partial charge in [-0.15, -0.1) is 6.58 Å². The maximum Gasteiger partial charge on any atom is 0.407 e. The fraction of sp³-hybridized carbons (Fsp3) is 0.370. The number of carbonyl (C=O) groups is 3. The number of methoxy groups -OCH3 is 1. The van der Waals surface area contributed by atoms with E-state index in [4.69, 9.17) is 9.47 Å². The highest BCUT2D eigenvalue weighted by atomic mass is 16.5. The molecule has 2 aromatic carbocycles. The standard InChI is InChI=1S/C27H30N2O6/c1-3-4-13-23(25(30)29-14-21(26(31)32)24(15-29)34-2)28-27(33)35-16-22-19-11-7-5-9-17(19)18-10-6-8-12-20(18)22/h3,5-12,21-24H,1,4,13-16H2,2H3,(H,28,33)(H,31,32). The molecule has 2 amide bonds. The van der Waals surface area contributed by atoms with Gasteiger partial charge in [-0.3, -0.25) is 9.59 Å². The molecule has 0 radical (unpaired) electrons. The van der Waals surface area contributed by atoms with Gasteiger partial charge in [0.05, 0.1) is 6.10 Å². The summed E-state index contributed by atoms with van der Waals surface area (Å²) in [5, 5.41) is 12.1. The highest BCUT2D eigenvalue weighted by Gasteiger charge is 2.41. The summed E-state index contributed by atoms with van der Waals surface area (Å²) in [4.78, 5) is 38.9. The summed E-state index contributed by atoms with van der Waals surface area (Å²) in [6, 6.07) is 15.3. The molecular formula is C27H30N2O6. The number of carboxylic acid groups (broad SMARTS) is 1. The van der Waals surface area contributed by atoms with E-state index in [0.717, 1.165) is 22.3 Å². The van der Waals surface area contributed by atoms with Gasteiger partial charge in [0, 0.05) is 26.1 Å². The van der Waals surface area contributed by atoms with Crippen LogP contribution in [0.3, 0.4) is 0 Å². The molecular weight excluding hydrogens is 448 g/mol. The van der Waals surface area contributed by atoms with Crippen LogP contribution < -0.4 is 5.32 Å². The summed E-state index contributed by atoms with van der Waals surface area (Å²) in [6.07, 6.45) is 1.22. The molecule has 184 valence electrons. The Hall–Kier alpha value is -3.65. The summed E-state index contributed by atoms with van der Waals surface area (Å²) in [5.41, 5.74) is 4.46. The first kappa shape index (κ1) is 24.5. The SMILES string of the molecule is C=CCCC(NC(=O)OCC1c2ccccc2-c2ccccc21)C(=O)N1CC(OC)C(C(=O)O)C1. The number of rotatable bonds is 9. The Labute approximate surface area is 204 Å². The van der Waals surface area contributed by atoms with Gasteiger partial charge in [0.25, 0.3) is 0 Å². The van der Waals surface area contributed by atoms with Crippen molar-refractivity contribution in [3.8, 4) is 11.1 Å². The Morgan fingerprint density at radius 3 is 2.29 bits per heavy atom. The number of hydrogen-bond acceptors (Lipinski definition) is 5. The zero-order chi connectivity index (χ0) is 24.9. The largest absolute Gasteiger partial charge is 0.481 e. The molecule has 1 saturated heterocycles. The van der Waals surface area contributed by atoms with E-state index in [0.29, 0.717) is 12.8 Å². The van der Waals surface area contributed by atoms with Crippen LogP contribution in [0.25, 0.3) is 11.1 Å². The first-order valence-corrected chi connectivity index (χ1v) is 11.7.